The molecule has 0 atom stereocenters. The van der Waals surface area contributed by atoms with Crippen molar-refractivity contribution in [3.63, 3.8) is 0 Å². The Morgan fingerprint density at radius 3 is 2.56 bits per heavy atom. The van der Waals surface area contributed by atoms with Crippen molar-refractivity contribution >= 4 is 40.6 Å². The number of hydrogen-bond acceptors (Lipinski definition) is 3. The van der Waals surface area contributed by atoms with E-state index >= 15 is 0 Å². The molecule has 1 aromatic heterocycles. The van der Waals surface area contributed by atoms with E-state index in [1.54, 1.807) is 30.3 Å². The number of aromatic nitrogens is 1. The first-order valence-electron chi connectivity index (χ1n) is 7.62. The van der Waals surface area contributed by atoms with Crippen LogP contribution in [0, 0.1) is 0 Å². The summed E-state index contributed by atoms with van der Waals surface area (Å²) in [7, 11) is 0. The van der Waals surface area contributed by atoms with E-state index in [9.17, 15) is 4.79 Å². The third kappa shape index (κ3) is 4.72. The quantitative estimate of drug-likeness (QED) is 0.658. The van der Waals surface area contributed by atoms with Gasteiger partial charge in [-0.3, -0.25) is 4.79 Å². The molecule has 0 radical (unpaired) electrons. The van der Waals surface area contributed by atoms with Crippen LogP contribution in [0.1, 0.15) is 15.9 Å². The Bertz CT molecular complexity index is 882. The van der Waals surface area contributed by atoms with Crippen molar-refractivity contribution in [1.82, 2.24) is 10.3 Å². The zero-order chi connectivity index (χ0) is 17.6. The zero-order valence-corrected chi connectivity index (χ0v) is 14.7. The van der Waals surface area contributed by atoms with Crippen LogP contribution in [-0.2, 0) is 6.54 Å². The molecule has 1 heterocycles. The van der Waals surface area contributed by atoms with Gasteiger partial charge in [-0.05, 0) is 42.0 Å². The van der Waals surface area contributed by atoms with Gasteiger partial charge in [0.15, 0.2) is 0 Å². The molecule has 2 N–H and O–H groups in total. The lowest BCUT2D eigenvalue weighted by Gasteiger charge is -2.08. The molecule has 0 bridgehead atoms. The van der Waals surface area contributed by atoms with Gasteiger partial charge < -0.3 is 10.6 Å². The van der Waals surface area contributed by atoms with E-state index in [2.05, 4.69) is 15.6 Å². The van der Waals surface area contributed by atoms with Crippen LogP contribution in [0.3, 0.4) is 0 Å². The van der Waals surface area contributed by atoms with Crippen LogP contribution in [0.15, 0.2) is 66.9 Å². The van der Waals surface area contributed by atoms with Crippen LogP contribution in [0.5, 0.6) is 0 Å². The fraction of sp³-hybridized carbons (Fsp3) is 0.0526. The Morgan fingerprint density at radius 1 is 1.00 bits per heavy atom. The summed E-state index contributed by atoms with van der Waals surface area (Å²) in [5.74, 6) is 0.423. The molecular formula is C19H15Cl2N3O. The van der Waals surface area contributed by atoms with Crippen LogP contribution >= 0.6 is 23.2 Å². The lowest BCUT2D eigenvalue weighted by molar-refractivity contribution is 0.0950. The van der Waals surface area contributed by atoms with Gasteiger partial charge in [-0.2, -0.15) is 0 Å². The Kier molecular flexibility index (Phi) is 5.53. The maximum atomic E-state index is 12.2. The number of nitrogens with zero attached hydrogens (tertiary/aromatic N) is 1. The maximum Gasteiger partial charge on any atom is 0.253 e. The van der Waals surface area contributed by atoms with E-state index < -0.39 is 0 Å². The Hall–Kier alpha value is -2.56. The molecule has 0 saturated carbocycles. The van der Waals surface area contributed by atoms with Crippen LogP contribution < -0.4 is 10.6 Å². The number of nitrogens with one attached hydrogen (secondary N) is 2. The van der Waals surface area contributed by atoms with Crippen molar-refractivity contribution in [2.75, 3.05) is 5.32 Å². The molecule has 2 aromatic carbocycles. The molecule has 0 aliphatic carbocycles. The lowest BCUT2D eigenvalue weighted by atomic mass is 10.2. The van der Waals surface area contributed by atoms with Crippen molar-refractivity contribution in [1.29, 1.82) is 0 Å². The van der Waals surface area contributed by atoms with Crippen LogP contribution in [0.25, 0.3) is 0 Å². The van der Waals surface area contributed by atoms with Gasteiger partial charge in [0, 0.05) is 28.5 Å². The fourth-order valence-corrected chi connectivity index (χ4v) is 2.63. The number of carbonyl (C=O) groups is 1. The van der Waals surface area contributed by atoms with Crippen LogP contribution in [0.2, 0.25) is 10.0 Å². The van der Waals surface area contributed by atoms with E-state index in [0.717, 1.165) is 11.3 Å². The normalized spacial score (nSPS) is 10.3. The molecule has 1 amide bonds. The number of pyridine rings is 1. The van der Waals surface area contributed by atoms with Crippen LogP contribution in [0.4, 0.5) is 11.5 Å². The highest BCUT2D eigenvalue weighted by molar-refractivity contribution is 6.31. The number of rotatable bonds is 5. The monoisotopic (exact) mass is 371 g/mol. The molecule has 0 saturated heterocycles. The molecule has 3 rings (SSSR count). The third-order valence-corrected chi connectivity index (χ3v) is 4.12. The number of amides is 1. The van der Waals surface area contributed by atoms with Gasteiger partial charge in [0.1, 0.15) is 5.82 Å². The second-order valence-electron chi connectivity index (χ2n) is 5.34. The van der Waals surface area contributed by atoms with E-state index in [0.29, 0.717) is 28.0 Å². The van der Waals surface area contributed by atoms with Crippen molar-refractivity contribution in [3.05, 3.63) is 88.0 Å². The number of anilines is 2. The lowest BCUT2D eigenvalue weighted by Crippen LogP contribution is -2.23. The van der Waals surface area contributed by atoms with Crippen molar-refractivity contribution < 1.29 is 4.79 Å². The van der Waals surface area contributed by atoms with Gasteiger partial charge in [-0.25, -0.2) is 4.98 Å². The summed E-state index contributed by atoms with van der Waals surface area (Å²) in [5.41, 5.74) is 2.17. The first kappa shape index (κ1) is 17.3. The molecule has 3 aromatic rings. The zero-order valence-electron chi connectivity index (χ0n) is 13.2. The van der Waals surface area contributed by atoms with Crippen molar-refractivity contribution in [2.24, 2.45) is 0 Å². The first-order chi connectivity index (χ1) is 12.1. The minimum Gasteiger partial charge on any atom is -0.348 e. The largest absolute Gasteiger partial charge is 0.348 e. The number of benzene rings is 2. The molecule has 25 heavy (non-hydrogen) atoms. The molecule has 4 nitrogen and oxygen atoms in total. The summed E-state index contributed by atoms with van der Waals surface area (Å²) < 4.78 is 0. The topological polar surface area (TPSA) is 54.0 Å². The summed E-state index contributed by atoms with van der Waals surface area (Å²) in [4.78, 5) is 16.5. The Morgan fingerprint density at radius 2 is 1.84 bits per heavy atom. The molecule has 0 unspecified atom stereocenters. The summed E-state index contributed by atoms with van der Waals surface area (Å²) in [6.07, 6.45) is 1.52. The van der Waals surface area contributed by atoms with Crippen LogP contribution in [-0.4, -0.2) is 10.9 Å². The predicted molar refractivity (Wildman–Crippen MR) is 102 cm³/mol. The highest BCUT2D eigenvalue weighted by Gasteiger charge is 2.07. The van der Waals surface area contributed by atoms with Gasteiger partial charge in [-0.15, -0.1) is 0 Å². The molecule has 0 aliphatic heterocycles. The summed E-state index contributed by atoms with van der Waals surface area (Å²) in [5, 5.41) is 7.23. The summed E-state index contributed by atoms with van der Waals surface area (Å²) in [6, 6.07) is 18.2. The molecule has 6 heteroatoms. The molecule has 126 valence electrons. The first-order valence-corrected chi connectivity index (χ1v) is 8.38. The van der Waals surface area contributed by atoms with E-state index in [1.165, 1.54) is 6.20 Å². The van der Waals surface area contributed by atoms with Gasteiger partial charge in [0.25, 0.3) is 5.91 Å². The van der Waals surface area contributed by atoms with Crippen molar-refractivity contribution in [3.8, 4) is 0 Å². The second-order valence-corrected chi connectivity index (χ2v) is 6.19. The average molecular weight is 372 g/mol. The van der Waals surface area contributed by atoms with Gasteiger partial charge in [-0.1, -0.05) is 47.5 Å². The smallest absolute Gasteiger partial charge is 0.253 e. The summed E-state index contributed by atoms with van der Waals surface area (Å²) >= 11 is 12.0. The Labute approximate surface area is 155 Å². The highest BCUT2D eigenvalue weighted by atomic mass is 35.5. The van der Waals surface area contributed by atoms with Crippen molar-refractivity contribution in [2.45, 2.75) is 6.54 Å². The minimum absolute atomic E-state index is 0.207. The second kappa shape index (κ2) is 8.01. The van der Waals surface area contributed by atoms with E-state index in [4.69, 9.17) is 23.2 Å². The summed E-state index contributed by atoms with van der Waals surface area (Å²) in [6.45, 7) is 0.362. The predicted octanol–water partition coefficient (Wildman–Crippen LogP) is 5.06. The molecule has 0 fully saturated rings. The number of halogens is 2. The molecule has 0 aliphatic rings. The molecule has 0 spiro atoms. The standard InChI is InChI=1S/C19H15Cl2N3O/c20-15-5-3-6-16(10-15)24-18-9-8-14(12-22-18)19(25)23-11-13-4-1-2-7-17(13)21/h1-10,12H,11H2,(H,22,24)(H,23,25). The van der Waals surface area contributed by atoms with Gasteiger partial charge in [0.2, 0.25) is 0 Å². The number of carbonyl (C=O) groups excluding carboxylic acids is 1. The molecular weight excluding hydrogens is 357 g/mol. The van der Waals surface area contributed by atoms with Gasteiger partial charge in [0.05, 0.1) is 5.56 Å². The SMILES string of the molecule is O=C(NCc1ccccc1Cl)c1ccc(Nc2cccc(Cl)c2)nc1. The van der Waals surface area contributed by atoms with Gasteiger partial charge >= 0.3 is 0 Å². The average Bonchev–Trinajstić information content (AvgIpc) is 2.61. The highest BCUT2D eigenvalue weighted by Crippen LogP contribution is 2.19. The fourth-order valence-electron chi connectivity index (χ4n) is 2.24. The van der Waals surface area contributed by atoms with E-state index in [1.807, 2.05) is 30.3 Å². The number of hydrogen-bond donors (Lipinski definition) is 2. The van der Waals surface area contributed by atoms with E-state index in [-0.39, 0.29) is 5.91 Å². The Balaban J connectivity index is 1.61. The third-order valence-electron chi connectivity index (χ3n) is 3.52. The minimum atomic E-state index is -0.207. The maximum absolute atomic E-state index is 12.2.